The zero-order valence-electron chi connectivity index (χ0n) is 10.5. The Morgan fingerprint density at radius 2 is 2.06 bits per heavy atom. The monoisotopic (exact) mass is 297 g/mol. The van der Waals surface area contributed by atoms with Gasteiger partial charge in [-0.15, -0.1) is 0 Å². The van der Waals surface area contributed by atoms with Gasteiger partial charge in [0.1, 0.15) is 11.6 Å². The van der Waals surface area contributed by atoms with Crippen LogP contribution in [0.5, 0.6) is 0 Å². The minimum Gasteiger partial charge on any atom is -0.369 e. The molecular formula is C13H20BrN3. The van der Waals surface area contributed by atoms with Gasteiger partial charge in [0.05, 0.1) is 4.47 Å². The highest BCUT2D eigenvalue weighted by Crippen LogP contribution is 2.34. The predicted octanol–water partition coefficient (Wildman–Crippen LogP) is 3.96. The third-order valence-corrected chi connectivity index (χ3v) is 4.07. The number of rotatable bonds is 3. The first kappa shape index (κ1) is 12.8. The highest BCUT2D eigenvalue weighted by atomic mass is 79.9. The minimum atomic E-state index is 0.553. The molecule has 0 saturated heterocycles. The first-order valence-corrected chi connectivity index (χ1v) is 7.26. The maximum atomic E-state index is 4.64. The summed E-state index contributed by atoms with van der Waals surface area (Å²) in [4.78, 5) is 9.11. The SMILES string of the molecule is CCNc1nc(C2CCC(C)CC2)ncc1Br. The second-order valence-corrected chi connectivity index (χ2v) is 5.77. The van der Waals surface area contributed by atoms with E-state index < -0.39 is 0 Å². The Hall–Kier alpha value is -0.640. The van der Waals surface area contributed by atoms with Crippen LogP contribution in [0, 0.1) is 5.92 Å². The fourth-order valence-corrected chi connectivity index (χ4v) is 2.72. The lowest BCUT2D eigenvalue weighted by molar-refractivity contribution is 0.339. The number of hydrogen-bond acceptors (Lipinski definition) is 3. The molecule has 1 aliphatic rings. The Morgan fingerprint density at radius 3 is 2.71 bits per heavy atom. The average Bonchev–Trinajstić information content (AvgIpc) is 2.33. The van der Waals surface area contributed by atoms with Gasteiger partial charge >= 0.3 is 0 Å². The van der Waals surface area contributed by atoms with Gasteiger partial charge in [0, 0.05) is 18.7 Å². The summed E-state index contributed by atoms with van der Waals surface area (Å²) in [6.07, 6.45) is 6.95. The number of nitrogens with zero attached hydrogens (tertiary/aromatic N) is 2. The van der Waals surface area contributed by atoms with Crippen LogP contribution in [0.4, 0.5) is 5.82 Å². The van der Waals surface area contributed by atoms with E-state index in [0.29, 0.717) is 5.92 Å². The topological polar surface area (TPSA) is 37.8 Å². The molecule has 0 spiro atoms. The van der Waals surface area contributed by atoms with Crippen molar-refractivity contribution in [3.63, 3.8) is 0 Å². The van der Waals surface area contributed by atoms with Gasteiger partial charge in [-0.25, -0.2) is 9.97 Å². The molecule has 1 aromatic rings. The van der Waals surface area contributed by atoms with E-state index in [-0.39, 0.29) is 0 Å². The van der Waals surface area contributed by atoms with Gasteiger partial charge in [-0.3, -0.25) is 0 Å². The van der Waals surface area contributed by atoms with Gasteiger partial charge in [0.2, 0.25) is 0 Å². The van der Waals surface area contributed by atoms with Crippen LogP contribution >= 0.6 is 15.9 Å². The van der Waals surface area contributed by atoms with Crippen LogP contribution in [0.25, 0.3) is 0 Å². The smallest absolute Gasteiger partial charge is 0.144 e. The third kappa shape index (κ3) is 3.18. The van der Waals surface area contributed by atoms with Crippen molar-refractivity contribution in [2.75, 3.05) is 11.9 Å². The van der Waals surface area contributed by atoms with Gasteiger partial charge in [0.15, 0.2) is 0 Å². The summed E-state index contributed by atoms with van der Waals surface area (Å²) in [6, 6.07) is 0. The number of aromatic nitrogens is 2. The Morgan fingerprint density at radius 1 is 1.35 bits per heavy atom. The van der Waals surface area contributed by atoms with Crippen molar-refractivity contribution in [2.45, 2.75) is 45.4 Å². The average molecular weight is 298 g/mol. The van der Waals surface area contributed by atoms with E-state index in [1.165, 1.54) is 25.7 Å². The molecule has 1 heterocycles. The van der Waals surface area contributed by atoms with Crippen molar-refractivity contribution in [1.82, 2.24) is 9.97 Å². The van der Waals surface area contributed by atoms with Gasteiger partial charge < -0.3 is 5.32 Å². The van der Waals surface area contributed by atoms with Crippen LogP contribution in [-0.4, -0.2) is 16.5 Å². The van der Waals surface area contributed by atoms with Crippen LogP contribution in [0.3, 0.4) is 0 Å². The largest absolute Gasteiger partial charge is 0.369 e. The fraction of sp³-hybridized carbons (Fsp3) is 0.692. The Bertz CT molecular complexity index is 373. The molecule has 0 bridgehead atoms. The molecular weight excluding hydrogens is 278 g/mol. The molecule has 0 aromatic carbocycles. The molecule has 17 heavy (non-hydrogen) atoms. The van der Waals surface area contributed by atoms with Crippen LogP contribution in [0.15, 0.2) is 10.7 Å². The fourth-order valence-electron chi connectivity index (χ4n) is 2.39. The van der Waals surface area contributed by atoms with E-state index in [2.05, 4.69) is 45.1 Å². The Kier molecular flexibility index (Phi) is 4.37. The number of halogens is 1. The summed E-state index contributed by atoms with van der Waals surface area (Å²) in [5, 5.41) is 3.27. The standard InChI is InChI=1S/C13H20BrN3/c1-3-15-13-11(14)8-16-12(17-13)10-6-4-9(2)5-7-10/h8-10H,3-7H2,1-2H3,(H,15,16,17). The lowest BCUT2D eigenvalue weighted by Crippen LogP contribution is -2.14. The quantitative estimate of drug-likeness (QED) is 0.917. The summed E-state index contributed by atoms with van der Waals surface area (Å²) in [6.45, 7) is 5.30. The normalized spacial score (nSPS) is 24.6. The Labute approximate surface area is 112 Å². The molecule has 1 fully saturated rings. The summed E-state index contributed by atoms with van der Waals surface area (Å²) in [5.41, 5.74) is 0. The number of anilines is 1. The lowest BCUT2D eigenvalue weighted by atomic mass is 9.82. The first-order valence-electron chi connectivity index (χ1n) is 6.47. The van der Waals surface area contributed by atoms with Gasteiger partial charge in [-0.05, 0) is 41.6 Å². The van der Waals surface area contributed by atoms with E-state index in [9.17, 15) is 0 Å². The lowest BCUT2D eigenvalue weighted by Gasteiger charge is -2.25. The Balaban J connectivity index is 2.12. The van der Waals surface area contributed by atoms with E-state index in [0.717, 1.165) is 28.6 Å². The van der Waals surface area contributed by atoms with Crippen LogP contribution < -0.4 is 5.32 Å². The van der Waals surface area contributed by atoms with Crippen LogP contribution in [0.1, 0.15) is 51.3 Å². The predicted molar refractivity (Wildman–Crippen MR) is 74.3 cm³/mol. The summed E-state index contributed by atoms with van der Waals surface area (Å²) in [7, 11) is 0. The zero-order chi connectivity index (χ0) is 12.3. The minimum absolute atomic E-state index is 0.553. The molecule has 1 N–H and O–H groups in total. The maximum Gasteiger partial charge on any atom is 0.144 e. The molecule has 94 valence electrons. The summed E-state index contributed by atoms with van der Waals surface area (Å²) >= 11 is 3.48. The molecule has 0 amide bonds. The molecule has 0 radical (unpaired) electrons. The maximum absolute atomic E-state index is 4.64. The number of hydrogen-bond donors (Lipinski definition) is 1. The van der Waals surface area contributed by atoms with Crippen molar-refractivity contribution < 1.29 is 0 Å². The van der Waals surface area contributed by atoms with Gasteiger partial charge in [0.25, 0.3) is 0 Å². The van der Waals surface area contributed by atoms with Gasteiger partial charge in [-0.1, -0.05) is 19.8 Å². The van der Waals surface area contributed by atoms with Crippen molar-refractivity contribution in [2.24, 2.45) is 5.92 Å². The zero-order valence-corrected chi connectivity index (χ0v) is 12.1. The molecule has 1 aromatic heterocycles. The van der Waals surface area contributed by atoms with Crippen LogP contribution in [-0.2, 0) is 0 Å². The highest BCUT2D eigenvalue weighted by molar-refractivity contribution is 9.10. The molecule has 0 aliphatic heterocycles. The summed E-state index contributed by atoms with van der Waals surface area (Å²) < 4.78 is 0.951. The van der Waals surface area contributed by atoms with Crippen molar-refractivity contribution >= 4 is 21.7 Å². The van der Waals surface area contributed by atoms with Crippen molar-refractivity contribution in [1.29, 1.82) is 0 Å². The molecule has 0 unspecified atom stereocenters. The second-order valence-electron chi connectivity index (χ2n) is 4.91. The van der Waals surface area contributed by atoms with Crippen molar-refractivity contribution in [3.8, 4) is 0 Å². The molecule has 0 atom stereocenters. The van der Waals surface area contributed by atoms with E-state index in [1.807, 2.05) is 6.20 Å². The first-order chi connectivity index (χ1) is 8.20. The molecule has 1 aliphatic carbocycles. The molecule has 3 nitrogen and oxygen atoms in total. The van der Waals surface area contributed by atoms with Gasteiger partial charge in [-0.2, -0.15) is 0 Å². The van der Waals surface area contributed by atoms with E-state index in [4.69, 9.17) is 0 Å². The summed E-state index contributed by atoms with van der Waals surface area (Å²) in [5.74, 6) is 3.36. The van der Waals surface area contributed by atoms with E-state index >= 15 is 0 Å². The third-order valence-electron chi connectivity index (χ3n) is 3.49. The molecule has 1 saturated carbocycles. The van der Waals surface area contributed by atoms with Crippen LogP contribution in [0.2, 0.25) is 0 Å². The number of nitrogens with one attached hydrogen (secondary N) is 1. The molecule has 4 heteroatoms. The second kappa shape index (κ2) is 5.80. The van der Waals surface area contributed by atoms with Crippen molar-refractivity contribution in [3.05, 3.63) is 16.5 Å². The highest BCUT2D eigenvalue weighted by Gasteiger charge is 2.22. The van der Waals surface area contributed by atoms with E-state index in [1.54, 1.807) is 0 Å². The molecule has 2 rings (SSSR count).